The van der Waals surface area contributed by atoms with E-state index in [9.17, 15) is 16.8 Å². The predicted molar refractivity (Wildman–Crippen MR) is 105 cm³/mol. The molecule has 146 valence electrons. The Balaban J connectivity index is 1.76. The third-order valence-electron chi connectivity index (χ3n) is 4.64. The first-order valence-corrected chi connectivity index (χ1v) is 11.7. The number of aryl methyl sites for hydroxylation is 2. The van der Waals surface area contributed by atoms with Crippen LogP contribution >= 0.6 is 11.6 Å². The molecule has 2 aromatic rings. The van der Waals surface area contributed by atoms with Gasteiger partial charge in [-0.15, -0.1) is 0 Å². The molecule has 0 saturated carbocycles. The van der Waals surface area contributed by atoms with Gasteiger partial charge in [-0.1, -0.05) is 35.4 Å². The zero-order chi connectivity index (χ0) is 19.8. The SMILES string of the molecule is Cc1ccc(S(=O)(=O)N2CCN(S(=O)(=O)c3ccc(C)c(Cl)c3)CC2)cc1. The minimum Gasteiger partial charge on any atom is -0.207 e. The maximum absolute atomic E-state index is 12.8. The Hall–Kier alpha value is -1.45. The highest BCUT2D eigenvalue weighted by Crippen LogP contribution is 2.25. The summed E-state index contributed by atoms with van der Waals surface area (Å²) in [6.07, 6.45) is 0. The topological polar surface area (TPSA) is 74.8 Å². The second-order valence-corrected chi connectivity index (χ2v) is 10.8. The molecule has 0 N–H and O–H groups in total. The van der Waals surface area contributed by atoms with Gasteiger partial charge in [0.15, 0.2) is 0 Å². The summed E-state index contributed by atoms with van der Waals surface area (Å²) in [6, 6.07) is 11.2. The van der Waals surface area contributed by atoms with Crippen LogP contribution in [0.15, 0.2) is 52.3 Å². The van der Waals surface area contributed by atoms with Gasteiger partial charge in [0.1, 0.15) is 0 Å². The van der Waals surface area contributed by atoms with Gasteiger partial charge in [0.05, 0.1) is 9.79 Å². The molecule has 1 aliphatic rings. The van der Waals surface area contributed by atoms with Gasteiger partial charge >= 0.3 is 0 Å². The third kappa shape index (κ3) is 4.05. The van der Waals surface area contributed by atoms with Crippen LogP contribution < -0.4 is 0 Å². The molecule has 1 heterocycles. The molecule has 6 nitrogen and oxygen atoms in total. The highest BCUT2D eigenvalue weighted by Gasteiger charge is 2.33. The molecule has 1 aliphatic heterocycles. The minimum absolute atomic E-state index is 0.0962. The second kappa shape index (κ2) is 7.52. The van der Waals surface area contributed by atoms with Gasteiger partial charge in [0.2, 0.25) is 20.0 Å². The summed E-state index contributed by atoms with van der Waals surface area (Å²) in [6.45, 7) is 4.09. The van der Waals surface area contributed by atoms with Crippen molar-refractivity contribution in [3.63, 3.8) is 0 Å². The fourth-order valence-corrected chi connectivity index (χ4v) is 6.01. The van der Waals surface area contributed by atoms with Gasteiger partial charge in [-0.05, 0) is 43.7 Å². The lowest BCUT2D eigenvalue weighted by Crippen LogP contribution is -2.50. The summed E-state index contributed by atoms with van der Waals surface area (Å²) in [4.78, 5) is 0.336. The van der Waals surface area contributed by atoms with Gasteiger partial charge in [0.25, 0.3) is 0 Å². The maximum Gasteiger partial charge on any atom is 0.243 e. The van der Waals surface area contributed by atoms with Gasteiger partial charge in [-0.3, -0.25) is 0 Å². The van der Waals surface area contributed by atoms with Gasteiger partial charge < -0.3 is 0 Å². The van der Waals surface area contributed by atoms with Gasteiger partial charge in [0, 0.05) is 31.2 Å². The number of halogens is 1. The molecule has 0 amide bonds. The number of benzene rings is 2. The van der Waals surface area contributed by atoms with Crippen LogP contribution in [0.2, 0.25) is 5.02 Å². The van der Waals surface area contributed by atoms with Crippen molar-refractivity contribution >= 4 is 31.6 Å². The van der Waals surface area contributed by atoms with Crippen molar-refractivity contribution in [2.45, 2.75) is 23.6 Å². The number of rotatable bonds is 4. The number of sulfonamides is 2. The van der Waals surface area contributed by atoms with Crippen molar-refractivity contribution < 1.29 is 16.8 Å². The van der Waals surface area contributed by atoms with Gasteiger partial charge in [-0.2, -0.15) is 8.61 Å². The van der Waals surface area contributed by atoms with E-state index in [1.165, 1.54) is 20.7 Å². The number of hydrogen-bond acceptors (Lipinski definition) is 4. The highest BCUT2D eigenvalue weighted by atomic mass is 35.5. The minimum atomic E-state index is -3.71. The molecule has 2 aromatic carbocycles. The number of nitrogens with zero attached hydrogens (tertiary/aromatic N) is 2. The summed E-state index contributed by atoms with van der Waals surface area (Å²) in [5, 5.41) is 0.386. The monoisotopic (exact) mass is 428 g/mol. The molecule has 0 aromatic heterocycles. The van der Waals surface area contributed by atoms with E-state index in [4.69, 9.17) is 11.6 Å². The van der Waals surface area contributed by atoms with E-state index in [1.807, 2.05) is 6.92 Å². The molecule has 0 radical (unpaired) electrons. The summed E-state index contributed by atoms with van der Waals surface area (Å²) >= 11 is 6.05. The Kier molecular flexibility index (Phi) is 5.65. The van der Waals surface area contributed by atoms with E-state index < -0.39 is 20.0 Å². The Morgan fingerprint density at radius 1 is 0.741 bits per heavy atom. The highest BCUT2D eigenvalue weighted by molar-refractivity contribution is 7.89. The molecule has 3 rings (SSSR count). The molecule has 1 fully saturated rings. The molecular formula is C18H21ClN2O4S2. The van der Waals surface area contributed by atoms with Crippen LogP contribution in [0.25, 0.3) is 0 Å². The Labute approximate surface area is 165 Å². The molecule has 0 aliphatic carbocycles. The average Bonchev–Trinajstić information content (AvgIpc) is 2.64. The summed E-state index contributed by atoms with van der Waals surface area (Å²) < 4.78 is 53.7. The largest absolute Gasteiger partial charge is 0.243 e. The van der Waals surface area contributed by atoms with E-state index in [0.29, 0.717) is 5.02 Å². The zero-order valence-electron chi connectivity index (χ0n) is 15.1. The van der Waals surface area contributed by atoms with E-state index in [1.54, 1.807) is 37.3 Å². The average molecular weight is 429 g/mol. The smallest absolute Gasteiger partial charge is 0.207 e. The first-order chi connectivity index (χ1) is 12.6. The molecule has 9 heteroatoms. The molecule has 0 atom stereocenters. The first-order valence-electron chi connectivity index (χ1n) is 8.45. The standard InChI is InChI=1S/C18H21ClN2O4S2/c1-14-3-6-16(7-4-14)26(22,23)20-9-11-21(12-10-20)27(24,25)17-8-5-15(2)18(19)13-17/h3-8,13H,9-12H2,1-2H3. The van der Waals surface area contributed by atoms with E-state index in [0.717, 1.165) is 11.1 Å². The van der Waals surface area contributed by atoms with Crippen LogP contribution in [-0.2, 0) is 20.0 Å². The Morgan fingerprint density at radius 3 is 1.67 bits per heavy atom. The van der Waals surface area contributed by atoms with Crippen LogP contribution in [0.3, 0.4) is 0 Å². The van der Waals surface area contributed by atoms with Crippen molar-refractivity contribution in [3.05, 3.63) is 58.6 Å². The fourth-order valence-electron chi connectivity index (χ4n) is 2.89. The van der Waals surface area contributed by atoms with Crippen molar-refractivity contribution in [1.29, 1.82) is 0 Å². The van der Waals surface area contributed by atoms with Crippen molar-refractivity contribution in [3.8, 4) is 0 Å². The normalized spacial score (nSPS) is 17.1. The molecular weight excluding hydrogens is 408 g/mol. The van der Waals surface area contributed by atoms with Gasteiger partial charge in [-0.25, -0.2) is 16.8 Å². The van der Waals surface area contributed by atoms with E-state index >= 15 is 0 Å². The molecule has 27 heavy (non-hydrogen) atoms. The maximum atomic E-state index is 12.8. The Bertz CT molecular complexity index is 1040. The molecule has 1 saturated heterocycles. The second-order valence-electron chi connectivity index (χ2n) is 6.53. The van der Waals surface area contributed by atoms with Crippen LogP contribution in [0.4, 0.5) is 0 Å². The molecule has 0 spiro atoms. The van der Waals surface area contributed by atoms with Crippen LogP contribution in [-0.4, -0.2) is 51.6 Å². The third-order valence-corrected chi connectivity index (χ3v) is 8.85. The Morgan fingerprint density at radius 2 is 1.19 bits per heavy atom. The van der Waals surface area contributed by atoms with E-state index in [2.05, 4.69) is 0 Å². The fraction of sp³-hybridized carbons (Fsp3) is 0.333. The van der Waals surface area contributed by atoms with E-state index in [-0.39, 0.29) is 36.0 Å². The lowest BCUT2D eigenvalue weighted by Gasteiger charge is -2.33. The lowest BCUT2D eigenvalue weighted by molar-refractivity contribution is 0.273. The summed E-state index contributed by atoms with van der Waals surface area (Å²) in [7, 11) is -7.35. The van der Waals surface area contributed by atoms with Crippen LogP contribution in [0, 0.1) is 13.8 Å². The van der Waals surface area contributed by atoms with Crippen LogP contribution in [0.1, 0.15) is 11.1 Å². The number of hydrogen-bond donors (Lipinski definition) is 0. The first kappa shape index (κ1) is 20.3. The predicted octanol–water partition coefficient (Wildman–Crippen LogP) is 2.65. The molecule has 0 unspecified atom stereocenters. The zero-order valence-corrected chi connectivity index (χ0v) is 17.5. The lowest BCUT2D eigenvalue weighted by atomic mass is 10.2. The molecule has 0 bridgehead atoms. The quantitative estimate of drug-likeness (QED) is 0.750. The van der Waals surface area contributed by atoms with Crippen molar-refractivity contribution in [1.82, 2.24) is 8.61 Å². The number of piperazine rings is 1. The van der Waals surface area contributed by atoms with Crippen molar-refractivity contribution in [2.24, 2.45) is 0 Å². The summed E-state index contributed by atoms with van der Waals surface area (Å²) in [5.41, 5.74) is 1.77. The van der Waals surface area contributed by atoms with Crippen LogP contribution in [0.5, 0.6) is 0 Å². The summed E-state index contributed by atoms with van der Waals surface area (Å²) in [5.74, 6) is 0. The van der Waals surface area contributed by atoms with Crippen molar-refractivity contribution in [2.75, 3.05) is 26.2 Å².